The third kappa shape index (κ3) is 10.5. The van der Waals surface area contributed by atoms with Gasteiger partial charge in [0.05, 0.1) is 12.4 Å². The van der Waals surface area contributed by atoms with Gasteiger partial charge in [-0.2, -0.15) is 0 Å². The zero-order valence-electron chi connectivity index (χ0n) is 15.5. The van der Waals surface area contributed by atoms with Gasteiger partial charge in [0.15, 0.2) is 5.96 Å². The fourth-order valence-corrected chi connectivity index (χ4v) is 2.76. The van der Waals surface area contributed by atoms with Crippen LogP contribution in [0.25, 0.3) is 0 Å². The summed E-state index contributed by atoms with van der Waals surface area (Å²) in [6.07, 6.45) is 2.76. The van der Waals surface area contributed by atoms with Crippen LogP contribution in [0.15, 0.2) is 23.2 Å². The van der Waals surface area contributed by atoms with E-state index in [1.807, 2.05) is 19.1 Å². The van der Waals surface area contributed by atoms with E-state index < -0.39 is 9.84 Å². The second-order valence-corrected chi connectivity index (χ2v) is 8.06. The Morgan fingerprint density at radius 1 is 1.28 bits per heavy atom. The van der Waals surface area contributed by atoms with Crippen molar-refractivity contribution in [3.05, 3.63) is 29.3 Å². The van der Waals surface area contributed by atoms with E-state index in [0.717, 1.165) is 23.3 Å². The first kappa shape index (κ1) is 24.0. The van der Waals surface area contributed by atoms with E-state index in [-0.39, 0.29) is 29.7 Å². The molecule has 2 N–H and O–H groups in total. The van der Waals surface area contributed by atoms with Crippen molar-refractivity contribution < 1.29 is 13.2 Å². The van der Waals surface area contributed by atoms with E-state index in [2.05, 4.69) is 28.6 Å². The molecule has 1 aromatic rings. The minimum atomic E-state index is -2.92. The van der Waals surface area contributed by atoms with Crippen molar-refractivity contribution in [3.63, 3.8) is 0 Å². The molecule has 0 atom stereocenters. The number of hydrogen-bond donors (Lipinski definition) is 2. The number of halogens is 1. The maximum Gasteiger partial charge on any atom is 0.191 e. The highest BCUT2D eigenvalue weighted by atomic mass is 127. The number of hydrogen-bond acceptors (Lipinski definition) is 4. The SMILES string of the molecule is CCCOc1cc(C)ccc1CNC(=NC)NCCCS(C)(=O)=O.I. The average molecular weight is 483 g/mol. The molecule has 0 spiro atoms. The van der Waals surface area contributed by atoms with Crippen molar-refractivity contribution in [1.82, 2.24) is 10.6 Å². The third-order valence-electron chi connectivity index (χ3n) is 3.34. The van der Waals surface area contributed by atoms with E-state index in [1.165, 1.54) is 6.26 Å². The summed E-state index contributed by atoms with van der Waals surface area (Å²) in [5, 5.41) is 6.35. The van der Waals surface area contributed by atoms with Gasteiger partial charge in [-0.1, -0.05) is 19.1 Å². The summed E-state index contributed by atoms with van der Waals surface area (Å²) in [6.45, 7) is 5.95. The van der Waals surface area contributed by atoms with E-state index in [1.54, 1.807) is 7.05 Å². The lowest BCUT2D eigenvalue weighted by atomic mass is 10.1. The van der Waals surface area contributed by atoms with Gasteiger partial charge in [0.2, 0.25) is 0 Å². The highest BCUT2D eigenvalue weighted by Crippen LogP contribution is 2.20. The number of ether oxygens (including phenoxy) is 1. The topological polar surface area (TPSA) is 79.8 Å². The molecule has 8 heteroatoms. The summed E-state index contributed by atoms with van der Waals surface area (Å²) in [6, 6.07) is 6.14. The number of sulfone groups is 1. The van der Waals surface area contributed by atoms with Crippen LogP contribution >= 0.6 is 24.0 Å². The first-order chi connectivity index (χ1) is 11.4. The first-order valence-electron chi connectivity index (χ1n) is 8.20. The Labute approximate surface area is 168 Å². The summed E-state index contributed by atoms with van der Waals surface area (Å²) in [4.78, 5) is 4.15. The second-order valence-electron chi connectivity index (χ2n) is 5.80. The molecule has 0 heterocycles. The Bertz CT molecular complexity index is 649. The average Bonchev–Trinajstić information content (AvgIpc) is 2.52. The zero-order chi connectivity index (χ0) is 18.0. The molecule has 0 amide bonds. The first-order valence-corrected chi connectivity index (χ1v) is 10.3. The van der Waals surface area contributed by atoms with Crippen molar-refractivity contribution in [1.29, 1.82) is 0 Å². The molecule has 0 fully saturated rings. The molecule has 0 aliphatic heterocycles. The number of rotatable bonds is 9. The van der Waals surface area contributed by atoms with Gasteiger partial charge in [0.25, 0.3) is 0 Å². The van der Waals surface area contributed by atoms with Crippen molar-refractivity contribution in [3.8, 4) is 5.75 Å². The van der Waals surface area contributed by atoms with E-state index in [4.69, 9.17) is 4.74 Å². The van der Waals surface area contributed by atoms with Crippen molar-refractivity contribution in [2.75, 3.05) is 32.2 Å². The van der Waals surface area contributed by atoms with E-state index in [9.17, 15) is 8.42 Å². The maximum absolute atomic E-state index is 11.1. The summed E-state index contributed by atoms with van der Waals surface area (Å²) >= 11 is 0. The molecule has 0 bridgehead atoms. The fraction of sp³-hybridized carbons (Fsp3) is 0.588. The van der Waals surface area contributed by atoms with Gasteiger partial charge in [0, 0.05) is 32.0 Å². The molecule has 0 aliphatic carbocycles. The Kier molecular flexibility index (Phi) is 11.8. The summed E-state index contributed by atoms with van der Waals surface area (Å²) in [7, 11) is -1.23. The van der Waals surface area contributed by atoms with Crippen LogP contribution in [0, 0.1) is 6.92 Å². The summed E-state index contributed by atoms with van der Waals surface area (Å²) in [5.74, 6) is 1.70. The molecule has 0 saturated carbocycles. The third-order valence-corrected chi connectivity index (χ3v) is 4.37. The van der Waals surface area contributed by atoms with E-state index >= 15 is 0 Å². The highest BCUT2D eigenvalue weighted by Gasteiger charge is 2.06. The number of aliphatic imine (C=N–C) groups is 1. The monoisotopic (exact) mass is 483 g/mol. The molecule has 0 aromatic heterocycles. The Morgan fingerprint density at radius 3 is 2.60 bits per heavy atom. The van der Waals surface area contributed by atoms with Crippen molar-refractivity contribution in [2.24, 2.45) is 4.99 Å². The van der Waals surface area contributed by atoms with Crippen LogP contribution in [-0.2, 0) is 16.4 Å². The molecule has 0 aliphatic rings. The Hall–Kier alpha value is -1.03. The minimum Gasteiger partial charge on any atom is -0.493 e. The molecule has 6 nitrogen and oxygen atoms in total. The zero-order valence-corrected chi connectivity index (χ0v) is 18.6. The number of aryl methyl sites for hydroxylation is 1. The summed E-state index contributed by atoms with van der Waals surface area (Å²) in [5.41, 5.74) is 2.22. The van der Waals surface area contributed by atoms with Gasteiger partial charge in [-0.25, -0.2) is 8.42 Å². The number of guanidine groups is 1. The van der Waals surface area contributed by atoms with Crippen LogP contribution in [0.4, 0.5) is 0 Å². The van der Waals surface area contributed by atoms with Crippen molar-refractivity contribution >= 4 is 39.8 Å². The lowest BCUT2D eigenvalue weighted by Crippen LogP contribution is -2.37. The smallest absolute Gasteiger partial charge is 0.191 e. The maximum atomic E-state index is 11.1. The predicted octanol–water partition coefficient (Wildman–Crippen LogP) is 2.50. The predicted molar refractivity (Wildman–Crippen MR) is 115 cm³/mol. The number of benzene rings is 1. The number of nitrogens with zero attached hydrogens (tertiary/aromatic N) is 1. The molecule has 0 radical (unpaired) electrons. The largest absolute Gasteiger partial charge is 0.493 e. The summed E-state index contributed by atoms with van der Waals surface area (Å²) < 4.78 is 28.0. The normalized spacial score (nSPS) is 11.6. The van der Waals surface area contributed by atoms with Crippen LogP contribution in [0.5, 0.6) is 5.75 Å². The Balaban J connectivity index is 0.00000576. The standard InChI is InChI=1S/C17H29N3O3S.HI/c1-5-10-23-16-12-14(2)7-8-15(16)13-20-17(18-3)19-9-6-11-24(4,21)22;/h7-8,12H,5-6,9-11,13H2,1-4H3,(H2,18,19,20);1H. The van der Waals surface area contributed by atoms with Gasteiger partial charge >= 0.3 is 0 Å². The number of nitrogens with one attached hydrogen (secondary N) is 2. The minimum absolute atomic E-state index is 0. The van der Waals surface area contributed by atoms with Gasteiger partial charge < -0.3 is 15.4 Å². The van der Waals surface area contributed by atoms with E-state index in [0.29, 0.717) is 32.1 Å². The Morgan fingerprint density at radius 2 is 2.00 bits per heavy atom. The quantitative estimate of drug-likeness (QED) is 0.244. The van der Waals surface area contributed by atoms with Gasteiger partial charge in [-0.15, -0.1) is 24.0 Å². The van der Waals surface area contributed by atoms with Gasteiger partial charge in [-0.3, -0.25) is 4.99 Å². The molecule has 144 valence electrons. The van der Waals surface area contributed by atoms with Crippen LogP contribution in [-0.4, -0.2) is 46.6 Å². The van der Waals surface area contributed by atoms with Gasteiger partial charge in [0.1, 0.15) is 15.6 Å². The molecule has 0 saturated heterocycles. The molecule has 25 heavy (non-hydrogen) atoms. The van der Waals surface area contributed by atoms with Gasteiger partial charge in [-0.05, 0) is 31.4 Å². The fourth-order valence-electron chi connectivity index (χ4n) is 2.09. The molecular weight excluding hydrogens is 453 g/mol. The lowest BCUT2D eigenvalue weighted by molar-refractivity contribution is 0.313. The molecular formula is C17H30IN3O3S. The molecule has 0 unspecified atom stereocenters. The second kappa shape index (κ2) is 12.3. The van der Waals surface area contributed by atoms with Crippen LogP contribution < -0.4 is 15.4 Å². The lowest BCUT2D eigenvalue weighted by Gasteiger charge is -2.15. The van der Waals surface area contributed by atoms with Crippen LogP contribution in [0.1, 0.15) is 30.9 Å². The highest BCUT2D eigenvalue weighted by molar-refractivity contribution is 14.0. The van der Waals surface area contributed by atoms with Crippen LogP contribution in [0.2, 0.25) is 0 Å². The molecule has 1 aromatic carbocycles. The molecule has 1 rings (SSSR count). The van der Waals surface area contributed by atoms with Crippen molar-refractivity contribution in [2.45, 2.75) is 33.2 Å². The van der Waals surface area contributed by atoms with Crippen LogP contribution in [0.3, 0.4) is 0 Å².